The van der Waals surface area contributed by atoms with Crippen molar-refractivity contribution in [2.75, 3.05) is 54.9 Å². The predicted octanol–water partition coefficient (Wildman–Crippen LogP) is 10.6. The van der Waals surface area contributed by atoms with E-state index in [-0.39, 0.29) is 37.9 Å². The van der Waals surface area contributed by atoms with Crippen molar-refractivity contribution in [1.82, 2.24) is 0 Å². The second kappa shape index (κ2) is 15.4. The van der Waals surface area contributed by atoms with Gasteiger partial charge in [0.05, 0.1) is 54.9 Å². The highest BCUT2D eigenvalue weighted by molar-refractivity contribution is 7.49. The second-order valence-electron chi connectivity index (χ2n) is 11.4. The lowest BCUT2D eigenvalue weighted by atomic mass is 9.89. The van der Waals surface area contributed by atoms with Crippen molar-refractivity contribution in [3.8, 4) is 34.5 Å². The van der Waals surface area contributed by atoms with Crippen LogP contribution < -0.4 is 28.0 Å². The zero-order chi connectivity index (χ0) is 37.2. The molecular weight excluding hydrogens is 710 g/mol. The molecule has 0 atom stereocenters. The minimum absolute atomic E-state index is 0.0945. The maximum atomic E-state index is 13.9. The van der Waals surface area contributed by atoms with Crippen LogP contribution in [0.2, 0.25) is 0 Å². The number of methoxy groups -OCH3 is 4. The summed E-state index contributed by atoms with van der Waals surface area (Å²) in [4.78, 5) is 0. The summed E-state index contributed by atoms with van der Waals surface area (Å²) >= 11 is 0. The van der Waals surface area contributed by atoms with Gasteiger partial charge in [-0.25, -0.2) is 9.13 Å². The van der Waals surface area contributed by atoms with E-state index < -0.39 is 15.6 Å². The molecule has 14 heteroatoms. The molecule has 0 heterocycles. The highest BCUT2D eigenvalue weighted by atomic mass is 31.2. The average molecular weight is 753 g/mol. The first kappa shape index (κ1) is 37.5. The summed E-state index contributed by atoms with van der Waals surface area (Å²) < 4.78 is 86.2. The Kier molecular flexibility index (Phi) is 11.1. The number of rotatable bonds is 16. The Morgan fingerprint density at radius 2 is 0.750 bits per heavy atom. The lowest BCUT2D eigenvalue weighted by Crippen LogP contribution is -2.03. The summed E-state index contributed by atoms with van der Waals surface area (Å²) in [6.07, 6.45) is 0. The summed E-state index contributed by atoms with van der Waals surface area (Å²) in [5, 5.41) is 6.68. The van der Waals surface area contributed by atoms with Gasteiger partial charge < -0.3 is 28.0 Å². The molecule has 6 aromatic rings. The van der Waals surface area contributed by atoms with Crippen LogP contribution in [0.4, 0.5) is 0 Å². The van der Waals surface area contributed by atoms with Crippen molar-refractivity contribution in [3.63, 3.8) is 0 Å². The van der Waals surface area contributed by atoms with Gasteiger partial charge in [0, 0.05) is 43.1 Å². The molecule has 0 aliphatic rings. The quantitative estimate of drug-likeness (QED) is 0.0689. The smallest absolute Gasteiger partial charge is 0.496 e. The third kappa shape index (κ3) is 6.60. The Hall–Kier alpha value is -4.28. The van der Waals surface area contributed by atoms with Gasteiger partial charge in [-0.15, -0.1) is 0 Å². The van der Waals surface area contributed by atoms with Crippen molar-refractivity contribution in [3.05, 3.63) is 60.7 Å². The Labute approximate surface area is 301 Å². The van der Waals surface area contributed by atoms with Crippen molar-refractivity contribution >= 4 is 69.5 Å². The Morgan fingerprint density at radius 3 is 1.08 bits per heavy atom. The number of ether oxygens (including phenoxy) is 4. The normalized spacial score (nSPS) is 12.2. The molecule has 0 unspecified atom stereocenters. The summed E-state index contributed by atoms with van der Waals surface area (Å²) in [6.45, 7) is 7.23. The molecule has 0 saturated heterocycles. The van der Waals surface area contributed by atoms with Crippen LogP contribution in [0.1, 0.15) is 27.7 Å². The molecule has 0 spiro atoms. The van der Waals surface area contributed by atoms with Gasteiger partial charge in [0.25, 0.3) is 0 Å². The van der Waals surface area contributed by atoms with Gasteiger partial charge in [0.2, 0.25) is 0 Å². The molecule has 0 fully saturated rings. The summed E-state index contributed by atoms with van der Waals surface area (Å²) in [5.41, 5.74) is 0. The summed E-state index contributed by atoms with van der Waals surface area (Å²) in [5.74, 6) is 2.60. The third-order valence-electron chi connectivity index (χ3n) is 8.55. The molecule has 0 aliphatic carbocycles. The monoisotopic (exact) mass is 752 g/mol. The van der Waals surface area contributed by atoms with Gasteiger partial charge in [-0.1, -0.05) is 12.1 Å². The number of phosphoric ester groups is 2. The lowest BCUT2D eigenvalue weighted by Gasteiger charge is -2.23. The van der Waals surface area contributed by atoms with Crippen LogP contribution in [0.5, 0.6) is 34.5 Å². The number of benzene rings is 6. The molecule has 0 N–H and O–H groups in total. The van der Waals surface area contributed by atoms with Crippen LogP contribution in [-0.2, 0) is 27.2 Å². The van der Waals surface area contributed by atoms with Crippen molar-refractivity contribution in [2.45, 2.75) is 27.7 Å². The van der Waals surface area contributed by atoms with Gasteiger partial charge in [-0.3, -0.25) is 18.1 Å². The summed E-state index contributed by atoms with van der Waals surface area (Å²) in [6, 6.07) is 18.4. The van der Waals surface area contributed by atoms with Crippen LogP contribution in [-0.4, -0.2) is 54.9 Å². The largest absolute Gasteiger partial charge is 0.530 e. The van der Waals surface area contributed by atoms with E-state index >= 15 is 0 Å². The fourth-order valence-electron chi connectivity index (χ4n) is 6.63. The van der Waals surface area contributed by atoms with Crippen LogP contribution in [0.15, 0.2) is 60.7 Å². The SMILES string of the molecule is CCOP(=O)(OCC)Oc1ccc(OC)c2cc(OC)c3ccc4ccc5c(OC)cc6c(OC)ccc(OP(=O)(OCC)OCC)c6c5c4c3c12. The van der Waals surface area contributed by atoms with Crippen LogP contribution in [0.25, 0.3) is 53.9 Å². The standard InChI is InChI=1S/C38H42O12P2/c1-9-45-51(39,46-10-2)49-30-19-17-28(41-5)26-21-32(43-7)24-15-13-23-14-16-25-33(44-8)22-27-29(42-6)18-20-31(50-52(40,47-11-3)48-12-4)36(27)38(25)34(23)37(24)35(26)30/h13-22H,9-12H2,1-8H3. The molecule has 0 radical (unpaired) electrons. The van der Waals surface area contributed by atoms with Crippen molar-refractivity contribution < 1.29 is 55.2 Å². The van der Waals surface area contributed by atoms with Crippen molar-refractivity contribution in [2.24, 2.45) is 0 Å². The molecule has 0 saturated carbocycles. The molecule has 0 aliphatic heterocycles. The van der Waals surface area contributed by atoms with Crippen LogP contribution >= 0.6 is 15.6 Å². The van der Waals surface area contributed by atoms with Crippen molar-refractivity contribution in [1.29, 1.82) is 0 Å². The number of hydrogen-bond donors (Lipinski definition) is 0. The number of fused-ring (bicyclic) bond motifs is 9. The first-order valence-electron chi connectivity index (χ1n) is 16.8. The fourth-order valence-corrected chi connectivity index (χ4v) is 9.04. The first-order valence-corrected chi connectivity index (χ1v) is 19.8. The molecule has 12 nitrogen and oxygen atoms in total. The maximum absolute atomic E-state index is 13.9. The van der Waals surface area contributed by atoms with E-state index in [2.05, 4.69) is 0 Å². The van der Waals surface area contributed by atoms with Crippen LogP contribution in [0.3, 0.4) is 0 Å². The molecule has 0 amide bonds. The minimum atomic E-state index is -4.07. The third-order valence-corrected chi connectivity index (χ3v) is 11.7. The Morgan fingerprint density at radius 1 is 0.404 bits per heavy atom. The average Bonchev–Trinajstić information content (AvgIpc) is 3.13. The van der Waals surface area contributed by atoms with Gasteiger partial charge in [-0.05, 0) is 87.0 Å². The van der Waals surface area contributed by atoms with Gasteiger partial charge in [0.1, 0.15) is 34.5 Å². The predicted molar refractivity (Wildman–Crippen MR) is 203 cm³/mol. The zero-order valence-electron chi connectivity index (χ0n) is 30.4. The number of hydrogen-bond acceptors (Lipinski definition) is 12. The molecular formula is C38H42O12P2. The molecule has 52 heavy (non-hydrogen) atoms. The van der Waals surface area contributed by atoms with Crippen LogP contribution in [0, 0.1) is 0 Å². The first-order chi connectivity index (χ1) is 25.1. The van der Waals surface area contributed by atoms with Gasteiger partial charge >= 0.3 is 15.6 Å². The molecule has 0 bridgehead atoms. The second-order valence-corrected chi connectivity index (χ2v) is 14.5. The fraction of sp³-hybridized carbons (Fsp3) is 0.316. The minimum Gasteiger partial charge on any atom is -0.496 e. The topological polar surface area (TPSA) is 126 Å². The highest BCUT2D eigenvalue weighted by Gasteiger charge is 2.32. The summed E-state index contributed by atoms with van der Waals surface area (Å²) in [7, 11) is -1.82. The van der Waals surface area contributed by atoms with E-state index in [1.807, 2.05) is 36.4 Å². The molecule has 6 rings (SSSR count). The Bertz CT molecular complexity index is 2210. The number of phosphoric acid groups is 2. The van der Waals surface area contributed by atoms with E-state index in [0.29, 0.717) is 66.1 Å². The van der Waals surface area contributed by atoms with E-state index in [1.54, 1.807) is 80.4 Å². The lowest BCUT2D eigenvalue weighted by molar-refractivity contribution is 0.167. The van der Waals surface area contributed by atoms with E-state index in [0.717, 1.165) is 10.8 Å². The molecule has 276 valence electrons. The Balaban J connectivity index is 1.91. The molecule has 6 aromatic carbocycles. The highest BCUT2D eigenvalue weighted by Crippen LogP contribution is 2.57. The van der Waals surface area contributed by atoms with Gasteiger partial charge in [-0.2, -0.15) is 0 Å². The van der Waals surface area contributed by atoms with E-state index in [4.69, 9.17) is 46.1 Å². The van der Waals surface area contributed by atoms with E-state index in [1.165, 1.54) is 0 Å². The molecule has 0 aromatic heterocycles. The van der Waals surface area contributed by atoms with E-state index in [9.17, 15) is 9.13 Å². The van der Waals surface area contributed by atoms with Gasteiger partial charge in [0.15, 0.2) is 0 Å². The zero-order valence-corrected chi connectivity index (χ0v) is 32.2. The maximum Gasteiger partial charge on any atom is 0.530 e.